The van der Waals surface area contributed by atoms with Gasteiger partial charge >= 0.3 is 6.03 Å². The van der Waals surface area contributed by atoms with E-state index in [-0.39, 0.29) is 36.6 Å². The number of carbonyl (C=O) groups is 1. The zero-order chi connectivity index (χ0) is 17.4. The van der Waals surface area contributed by atoms with Crippen molar-refractivity contribution in [3.63, 3.8) is 0 Å². The second-order valence-electron chi connectivity index (χ2n) is 6.66. The first-order valence-electron chi connectivity index (χ1n) is 8.59. The zero-order valence-corrected chi connectivity index (χ0v) is 14.0. The summed E-state index contributed by atoms with van der Waals surface area (Å²) in [5.41, 5.74) is 1.50. The summed E-state index contributed by atoms with van der Waals surface area (Å²) in [5.74, 6) is 0.469. The van der Waals surface area contributed by atoms with Gasteiger partial charge in [0.15, 0.2) is 0 Å². The number of nitrogens with one attached hydrogen (secondary N) is 2. The lowest BCUT2D eigenvalue weighted by Gasteiger charge is -2.20. The molecule has 132 valence electrons. The Balaban J connectivity index is 1.43. The van der Waals surface area contributed by atoms with Gasteiger partial charge in [0.1, 0.15) is 11.6 Å². The molecule has 1 aromatic carbocycles. The summed E-state index contributed by atoms with van der Waals surface area (Å²) in [6, 6.07) is 4.36. The number of rotatable bonds is 4. The molecule has 3 heterocycles. The number of aryl methyl sites for hydroxylation is 1. The number of aromatic nitrogens is 2. The number of halogens is 1. The van der Waals surface area contributed by atoms with Gasteiger partial charge in [-0.05, 0) is 49.9 Å². The van der Waals surface area contributed by atoms with E-state index in [1.807, 2.05) is 17.7 Å². The van der Waals surface area contributed by atoms with E-state index in [2.05, 4.69) is 15.6 Å². The molecule has 3 unspecified atom stereocenters. The number of amides is 2. The van der Waals surface area contributed by atoms with E-state index in [9.17, 15) is 9.18 Å². The molecule has 2 aliphatic heterocycles. The molecule has 0 aliphatic carbocycles. The Bertz CT molecular complexity index is 791. The van der Waals surface area contributed by atoms with Crippen molar-refractivity contribution in [2.45, 2.75) is 51.0 Å². The molecule has 2 N–H and O–H groups in total. The van der Waals surface area contributed by atoms with Crippen molar-refractivity contribution in [1.29, 1.82) is 0 Å². The van der Waals surface area contributed by atoms with Crippen molar-refractivity contribution in [2.75, 3.05) is 0 Å². The quantitative estimate of drug-likeness (QED) is 0.895. The fourth-order valence-electron chi connectivity index (χ4n) is 3.75. The van der Waals surface area contributed by atoms with Crippen LogP contribution in [-0.4, -0.2) is 33.8 Å². The maximum atomic E-state index is 13.7. The third kappa shape index (κ3) is 3.24. The average molecular weight is 344 g/mol. The summed E-state index contributed by atoms with van der Waals surface area (Å²) in [7, 11) is 0. The Labute approximate surface area is 145 Å². The number of benzene rings is 1. The lowest BCUT2D eigenvalue weighted by atomic mass is 9.96. The lowest BCUT2D eigenvalue weighted by molar-refractivity contribution is 0.0981. The van der Waals surface area contributed by atoms with E-state index in [0.717, 1.165) is 30.8 Å². The van der Waals surface area contributed by atoms with Gasteiger partial charge in [-0.15, -0.1) is 0 Å². The topological polar surface area (TPSA) is 68.2 Å². The van der Waals surface area contributed by atoms with Crippen molar-refractivity contribution in [3.8, 4) is 5.69 Å². The molecule has 3 atom stereocenters. The molecule has 25 heavy (non-hydrogen) atoms. The third-order valence-electron chi connectivity index (χ3n) is 4.99. The fourth-order valence-corrected chi connectivity index (χ4v) is 3.75. The average Bonchev–Trinajstić information content (AvgIpc) is 3.30. The van der Waals surface area contributed by atoms with Gasteiger partial charge in [-0.25, -0.2) is 14.2 Å². The molecule has 0 saturated carbocycles. The minimum Gasteiger partial charge on any atom is -0.373 e. The Hall–Kier alpha value is -2.41. The minimum absolute atomic E-state index is 0.0709. The predicted molar refractivity (Wildman–Crippen MR) is 89.9 cm³/mol. The molecule has 1 aromatic heterocycles. The van der Waals surface area contributed by atoms with Crippen LogP contribution in [0.15, 0.2) is 30.6 Å². The van der Waals surface area contributed by atoms with Crippen LogP contribution in [0, 0.1) is 12.7 Å². The maximum Gasteiger partial charge on any atom is 0.315 e. The van der Waals surface area contributed by atoms with Crippen molar-refractivity contribution in [1.82, 2.24) is 20.2 Å². The number of ether oxygens (including phenoxy) is 1. The summed E-state index contributed by atoms with van der Waals surface area (Å²) in [5, 5.41) is 5.80. The normalized spacial score (nSPS) is 24.5. The van der Waals surface area contributed by atoms with Crippen LogP contribution in [0.4, 0.5) is 9.18 Å². The number of nitrogens with zero attached hydrogens (tertiary/aromatic N) is 2. The molecular weight excluding hydrogens is 323 g/mol. The number of hydrogen-bond acceptors (Lipinski definition) is 3. The second kappa shape index (κ2) is 6.48. The molecule has 7 heteroatoms. The lowest BCUT2D eigenvalue weighted by Crippen LogP contribution is -2.46. The van der Waals surface area contributed by atoms with Crippen LogP contribution in [0.25, 0.3) is 5.69 Å². The summed E-state index contributed by atoms with van der Waals surface area (Å²) >= 11 is 0. The van der Waals surface area contributed by atoms with E-state index in [1.165, 1.54) is 12.1 Å². The van der Waals surface area contributed by atoms with Crippen LogP contribution in [0.1, 0.15) is 30.7 Å². The summed E-state index contributed by atoms with van der Waals surface area (Å²) in [4.78, 5) is 16.4. The van der Waals surface area contributed by atoms with Crippen molar-refractivity contribution in [2.24, 2.45) is 0 Å². The minimum atomic E-state index is -0.333. The van der Waals surface area contributed by atoms with Crippen LogP contribution in [0.5, 0.6) is 0 Å². The Kier molecular flexibility index (Phi) is 4.17. The fraction of sp³-hybridized carbons (Fsp3) is 0.444. The molecule has 2 saturated heterocycles. The first kappa shape index (κ1) is 16.1. The van der Waals surface area contributed by atoms with Crippen molar-refractivity contribution < 1.29 is 13.9 Å². The zero-order valence-electron chi connectivity index (χ0n) is 14.0. The smallest absolute Gasteiger partial charge is 0.315 e. The second-order valence-corrected chi connectivity index (χ2v) is 6.66. The Morgan fingerprint density at radius 1 is 1.44 bits per heavy atom. The first-order chi connectivity index (χ1) is 12.1. The van der Waals surface area contributed by atoms with Gasteiger partial charge in [0, 0.05) is 18.9 Å². The monoisotopic (exact) mass is 344 g/mol. The van der Waals surface area contributed by atoms with Gasteiger partial charge in [-0.3, -0.25) is 0 Å². The highest BCUT2D eigenvalue weighted by Crippen LogP contribution is 2.34. The number of imidazole rings is 1. The van der Waals surface area contributed by atoms with Crippen LogP contribution in [0.2, 0.25) is 0 Å². The highest BCUT2D eigenvalue weighted by atomic mass is 19.1. The summed E-state index contributed by atoms with van der Waals surface area (Å²) in [6.45, 7) is 2.11. The van der Waals surface area contributed by atoms with Crippen LogP contribution in [-0.2, 0) is 11.3 Å². The van der Waals surface area contributed by atoms with Crippen LogP contribution >= 0.6 is 0 Å². The third-order valence-corrected chi connectivity index (χ3v) is 4.99. The summed E-state index contributed by atoms with van der Waals surface area (Å²) in [6.07, 6.45) is 6.89. The van der Waals surface area contributed by atoms with Gasteiger partial charge < -0.3 is 19.9 Å². The largest absolute Gasteiger partial charge is 0.373 e. The van der Waals surface area contributed by atoms with Crippen molar-refractivity contribution >= 4 is 6.03 Å². The van der Waals surface area contributed by atoms with Gasteiger partial charge in [0.25, 0.3) is 0 Å². The standard InChI is InChI=1S/C18H21FN4O2/c1-11-20-6-7-23(11)16-4-2-13(19)8-12(16)10-21-18(24)22-15-9-14-3-5-17(15)25-14/h2,4,6-8,14-15,17H,3,5,9-10H2,1H3,(H2,21,22,24). The number of fused-ring (bicyclic) bond motifs is 2. The Morgan fingerprint density at radius 3 is 3.00 bits per heavy atom. The SMILES string of the molecule is Cc1nccn1-c1ccc(F)cc1CNC(=O)NC1CC2CCC1O2. The molecule has 2 bridgehead atoms. The van der Waals surface area contributed by atoms with E-state index in [4.69, 9.17) is 4.74 Å². The van der Waals surface area contributed by atoms with E-state index in [1.54, 1.807) is 12.3 Å². The summed E-state index contributed by atoms with van der Waals surface area (Å²) < 4.78 is 21.3. The van der Waals surface area contributed by atoms with E-state index >= 15 is 0 Å². The number of hydrogen-bond donors (Lipinski definition) is 2. The first-order valence-corrected chi connectivity index (χ1v) is 8.59. The Morgan fingerprint density at radius 2 is 2.32 bits per heavy atom. The van der Waals surface area contributed by atoms with Gasteiger partial charge in [0.05, 0.1) is 23.9 Å². The molecule has 4 rings (SSSR count). The van der Waals surface area contributed by atoms with Gasteiger partial charge in [0.2, 0.25) is 0 Å². The van der Waals surface area contributed by atoms with E-state index in [0.29, 0.717) is 5.56 Å². The van der Waals surface area contributed by atoms with Crippen molar-refractivity contribution in [3.05, 3.63) is 47.8 Å². The van der Waals surface area contributed by atoms with E-state index < -0.39 is 0 Å². The molecule has 0 radical (unpaired) electrons. The van der Waals surface area contributed by atoms with Gasteiger partial charge in [-0.1, -0.05) is 0 Å². The molecule has 2 amide bonds. The van der Waals surface area contributed by atoms with Crippen LogP contribution < -0.4 is 10.6 Å². The molecule has 0 spiro atoms. The number of urea groups is 1. The number of carbonyl (C=O) groups excluding carboxylic acids is 1. The molecule has 6 nitrogen and oxygen atoms in total. The molecule has 2 aromatic rings. The highest BCUT2D eigenvalue weighted by Gasteiger charge is 2.41. The molecule has 2 fully saturated rings. The maximum absolute atomic E-state index is 13.7. The molecule has 2 aliphatic rings. The van der Waals surface area contributed by atoms with Crippen LogP contribution in [0.3, 0.4) is 0 Å². The van der Waals surface area contributed by atoms with Gasteiger partial charge in [-0.2, -0.15) is 0 Å². The molecular formula is C18H21FN4O2. The highest BCUT2D eigenvalue weighted by molar-refractivity contribution is 5.74. The predicted octanol–water partition coefficient (Wildman–Crippen LogP) is 2.44.